The van der Waals surface area contributed by atoms with Crippen molar-refractivity contribution in [3.05, 3.63) is 93.3 Å². The molecule has 35 heavy (non-hydrogen) atoms. The highest BCUT2D eigenvalue weighted by molar-refractivity contribution is 6.31. The SMILES string of the molecule is CC1(C)CCc2cc([C@]3(C)C(=O)N(Cc4ccc(F)c(C(=O)O)c4)c4ccc(Cl)cc43)ccc2O1. The minimum atomic E-state index is -1.35. The van der Waals surface area contributed by atoms with Gasteiger partial charge in [0, 0.05) is 10.7 Å². The van der Waals surface area contributed by atoms with Crippen molar-refractivity contribution in [1.29, 1.82) is 0 Å². The Morgan fingerprint density at radius 1 is 1.11 bits per heavy atom. The maximum Gasteiger partial charge on any atom is 0.338 e. The number of benzene rings is 3. The minimum Gasteiger partial charge on any atom is -0.488 e. The molecule has 7 heteroatoms. The van der Waals surface area contributed by atoms with E-state index in [9.17, 15) is 19.1 Å². The molecule has 0 fully saturated rings. The molecule has 1 atom stereocenters. The van der Waals surface area contributed by atoms with Crippen LogP contribution in [0.5, 0.6) is 5.75 Å². The van der Waals surface area contributed by atoms with E-state index >= 15 is 0 Å². The average molecular weight is 494 g/mol. The van der Waals surface area contributed by atoms with Crippen molar-refractivity contribution in [3.8, 4) is 5.75 Å². The van der Waals surface area contributed by atoms with Gasteiger partial charge >= 0.3 is 5.97 Å². The van der Waals surface area contributed by atoms with E-state index in [1.807, 2.05) is 25.1 Å². The van der Waals surface area contributed by atoms with Gasteiger partial charge in [0.1, 0.15) is 17.2 Å². The zero-order chi connectivity index (χ0) is 25.1. The second-order valence-corrected chi connectivity index (χ2v) is 10.4. The first-order valence-corrected chi connectivity index (χ1v) is 11.8. The van der Waals surface area contributed by atoms with Gasteiger partial charge in [-0.25, -0.2) is 9.18 Å². The van der Waals surface area contributed by atoms with Gasteiger partial charge in [-0.1, -0.05) is 29.8 Å². The van der Waals surface area contributed by atoms with Crippen molar-refractivity contribution in [2.45, 2.75) is 51.2 Å². The molecule has 0 saturated carbocycles. The van der Waals surface area contributed by atoms with Gasteiger partial charge in [-0.05, 0) is 92.3 Å². The van der Waals surface area contributed by atoms with Crippen LogP contribution >= 0.6 is 11.6 Å². The summed E-state index contributed by atoms with van der Waals surface area (Å²) in [6, 6.07) is 15.1. The number of hydrogen-bond acceptors (Lipinski definition) is 3. The third-order valence-electron chi connectivity index (χ3n) is 7.08. The van der Waals surface area contributed by atoms with Gasteiger partial charge in [0.25, 0.3) is 0 Å². The van der Waals surface area contributed by atoms with E-state index in [-0.39, 0.29) is 18.1 Å². The first-order chi connectivity index (χ1) is 16.5. The van der Waals surface area contributed by atoms with E-state index in [2.05, 4.69) is 13.8 Å². The van der Waals surface area contributed by atoms with Crippen LogP contribution in [-0.4, -0.2) is 22.6 Å². The summed E-state index contributed by atoms with van der Waals surface area (Å²) in [6.07, 6.45) is 1.72. The molecule has 3 aromatic rings. The van der Waals surface area contributed by atoms with Crippen LogP contribution in [0.2, 0.25) is 5.02 Å². The Morgan fingerprint density at radius 3 is 2.63 bits per heavy atom. The molecule has 0 aliphatic carbocycles. The van der Waals surface area contributed by atoms with Gasteiger partial charge < -0.3 is 14.7 Å². The average Bonchev–Trinajstić information content (AvgIpc) is 3.01. The molecule has 1 amide bonds. The van der Waals surface area contributed by atoms with Crippen LogP contribution in [0.15, 0.2) is 54.6 Å². The molecule has 180 valence electrons. The number of ether oxygens (including phenoxy) is 1. The smallest absolute Gasteiger partial charge is 0.338 e. The van der Waals surface area contributed by atoms with Crippen LogP contribution in [0.3, 0.4) is 0 Å². The lowest BCUT2D eigenvalue weighted by molar-refractivity contribution is -0.121. The molecule has 2 heterocycles. The van der Waals surface area contributed by atoms with Crippen LogP contribution in [-0.2, 0) is 23.2 Å². The monoisotopic (exact) mass is 493 g/mol. The van der Waals surface area contributed by atoms with Gasteiger partial charge in [0.15, 0.2) is 0 Å². The summed E-state index contributed by atoms with van der Waals surface area (Å²) in [4.78, 5) is 27.0. The number of carbonyl (C=O) groups excluding carboxylic acids is 1. The van der Waals surface area contributed by atoms with Crippen LogP contribution in [0.4, 0.5) is 10.1 Å². The third kappa shape index (κ3) is 3.86. The maximum atomic E-state index is 14.0. The second kappa shape index (κ2) is 8.09. The number of carbonyl (C=O) groups is 2. The highest BCUT2D eigenvalue weighted by Crippen LogP contribution is 2.48. The quantitative estimate of drug-likeness (QED) is 0.474. The van der Waals surface area contributed by atoms with Gasteiger partial charge in [0.2, 0.25) is 5.91 Å². The van der Waals surface area contributed by atoms with Crippen LogP contribution in [0, 0.1) is 5.82 Å². The number of rotatable bonds is 4. The fraction of sp³-hybridized carbons (Fsp3) is 0.286. The fourth-order valence-corrected chi connectivity index (χ4v) is 5.23. The number of nitrogens with zero attached hydrogens (tertiary/aromatic N) is 1. The van der Waals surface area contributed by atoms with Gasteiger partial charge in [-0.3, -0.25) is 4.79 Å². The first-order valence-electron chi connectivity index (χ1n) is 11.5. The zero-order valence-corrected chi connectivity index (χ0v) is 20.4. The molecular formula is C28H25ClFNO4. The van der Waals surface area contributed by atoms with E-state index < -0.39 is 22.8 Å². The number of carboxylic acid groups (broad SMARTS) is 1. The second-order valence-electron chi connectivity index (χ2n) is 9.98. The standard InChI is InChI=1S/C28H25ClFNO4/c1-27(2)11-10-17-13-18(5-9-24(17)35-27)28(3)21-14-19(29)6-8-23(21)31(26(28)34)15-16-4-7-22(30)20(12-16)25(32)33/h4-9,12-14H,10-11,15H2,1-3H3,(H,32,33)/t28-/m0/s1. The van der Waals surface area contributed by atoms with Gasteiger partial charge in [-0.15, -0.1) is 0 Å². The molecule has 0 saturated heterocycles. The predicted octanol–water partition coefficient (Wildman–Crippen LogP) is 6.13. The Balaban J connectivity index is 1.58. The fourth-order valence-electron chi connectivity index (χ4n) is 5.06. The van der Waals surface area contributed by atoms with Crippen molar-refractivity contribution in [1.82, 2.24) is 0 Å². The molecule has 0 bridgehead atoms. The van der Waals surface area contributed by atoms with E-state index in [1.54, 1.807) is 23.1 Å². The Bertz CT molecular complexity index is 1390. The maximum absolute atomic E-state index is 14.0. The lowest BCUT2D eigenvalue weighted by atomic mass is 9.76. The van der Waals surface area contributed by atoms with E-state index in [4.69, 9.17) is 16.3 Å². The number of halogens is 2. The third-order valence-corrected chi connectivity index (χ3v) is 7.32. The summed E-state index contributed by atoms with van der Waals surface area (Å²) in [5.41, 5.74) is 2.21. The lowest BCUT2D eigenvalue weighted by Gasteiger charge is -2.34. The molecule has 3 aromatic carbocycles. The molecule has 5 rings (SSSR count). The minimum absolute atomic E-state index is 0.103. The Hall–Kier alpha value is -3.38. The number of hydrogen-bond donors (Lipinski definition) is 1. The normalized spacial score (nSPS) is 20.3. The molecule has 1 N–H and O–H groups in total. The molecule has 0 spiro atoms. The molecule has 0 aromatic heterocycles. The lowest BCUT2D eigenvalue weighted by Crippen LogP contribution is -2.39. The number of anilines is 1. The van der Waals surface area contributed by atoms with Crippen molar-refractivity contribution >= 4 is 29.2 Å². The summed E-state index contributed by atoms with van der Waals surface area (Å²) in [5, 5.41) is 9.82. The Morgan fingerprint density at radius 2 is 1.89 bits per heavy atom. The van der Waals surface area contributed by atoms with Gasteiger partial charge in [-0.2, -0.15) is 0 Å². The van der Waals surface area contributed by atoms with Crippen molar-refractivity contribution < 1.29 is 23.8 Å². The van der Waals surface area contributed by atoms with Crippen molar-refractivity contribution in [3.63, 3.8) is 0 Å². The zero-order valence-electron chi connectivity index (χ0n) is 19.7. The summed E-state index contributed by atoms with van der Waals surface area (Å²) in [7, 11) is 0. The van der Waals surface area contributed by atoms with Crippen LogP contribution < -0.4 is 9.64 Å². The predicted molar refractivity (Wildman–Crippen MR) is 132 cm³/mol. The summed E-state index contributed by atoms with van der Waals surface area (Å²) >= 11 is 6.36. The van der Waals surface area contributed by atoms with E-state index in [1.165, 1.54) is 12.1 Å². The Kier molecular flexibility index (Phi) is 5.40. The molecule has 2 aliphatic rings. The number of amides is 1. The largest absolute Gasteiger partial charge is 0.488 e. The van der Waals surface area contributed by atoms with Crippen LogP contribution in [0.1, 0.15) is 59.8 Å². The number of aryl methyl sites for hydroxylation is 1. The van der Waals surface area contributed by atoms with E-state index in [0.717, 1.165) is 41.3 Å². The highest BCUT2D eigenvalue weighted by Gasteiger charge is 2.49. The molecule has 0 radical (unpaired) electrons. The van der Waals surface area contributed by atoms with E-state index in [0.29, 0.717) is 16.3 Å². The highest BCUT2D eigenvalue weighted by atomic mass is 35.5. The number of aromatic carboxylic acids is 1. The number of carboxylic acids is 1. The summed E-state index contributed by atoms with van der Waals surface area (Å²) in [6.45, 7) is 6.11. The van der Waals surface area contributed by atoms with Gasteiger partial charge in [0.05, 0.1) is 17.5 Å². The van der Waals surface area contributed by atoms with Crippen LogP contribution in [0.25, 0.3) is 0 Å². The molecule has 0 unspecified atom stereocenters. The molecular weight excluding hydrogens is 469 g/mol. The topological polar surface area (TPSA) is 66.8 Å². The first kappa shape index (κ1) is 23.4. The summed E-state index contributed by atoms with van der Waals surface area (Å²) in [5.74, 6) is -1.50. The number of fused-ring (bicyclic) bond motifs is 2. The van der Waals surface area contributed by atoms with Crippen molar-refractivity contribution in [2.75, 3.05) is 4.90 Å². The summed E-state index contributed by atoms with van der Waals surface area (Å²) < 4.78 is 20.1. The molecule has 5 nitrogen and oxygen atoms in total. The molecule has 2 aliphatic heterocycles. The Labute approximate surface area is 208 Å². The van der Waals surface area contributed by atoms with Crippen molar-refractivity contribution in [2.24, 2.45) is 0 Å².